The molecule has 0 saturated heterocycles. The first kappa shape index (κ1) is 30.9. The molecule has 0 saturated carbocycles. The van der Waals surface area contributed by atoms with Crippen molar-refractivity contribution < 1.29 is 60.1 Å². The summed E-state index contributed by atoms with van der Waals surface area (Å²) >= 11 is 5.77. The van der Waals surface area contributed by atoms with Crippen molar-refractivity contribution in [3.8, 4) is 0 Å². The van der Waals surface area contributed by atoms with Crippen LogP contribution >= 0.6 is 11.6 Å². The number of aliphatic carboxylic acids is 1. The Bertz CT molecular complexity index is 1460. The maximum atomic E-state index is 13.1. The lowest BCUT2D eigenvalue weighted by Crippen LogP contribution is -2.48. The van der Waals surface area contributed by atoms with Crippen LogP contribution in [0.2, 0.25) is 5.02 Å². The number of carbonyl (C=O) groups is 4. The fourth-order valence-electron chi connectivity index (χ4n) is 3.25. The lowest BCUT2D eigenvalue weighted by atomic mass is 10.1. The molecule has 0 aliphatic rings. The second-order valence-corrected chi connectivity index (χ2v) is 8.58. The van der Waals surface area contributed by atoms with Crippen LogP contribution in [0, 0.1) is 0 Å². The standard InChI is InChI=1S/C26H16ClF6NO7/c27-17-7-9-18(10-8-17)34-21(35)19(40-23(38)13-3-1-5-15(11-13)25(28,29)30)20(22(36)37)41-24(39)14-4-2-6-16(12-14)26(31,32)33/h1-12,19-20H,(H,34,35)(H,36,37)/t19-,20-/m1/s1. The molecule has 0 unspecified atom stereocenters. The van der Waals surface area contributed by atoms with Crippen LogP contribution in [-0.4, -0.2) is 41.1 Å². The number of esters is 2. The number of anilines is 1. The lowest BCUT2D eigenvalue weighted by molar-refractivity contribution is -0.157. The van der Waals surface area contributed by atoms with Gasteiger partial charge in [0.1, 0.15) is 0 Å². The van der Waals surface area contributed by atoms with Gasteiger partial charge in [-0.05, 0) is 60.7 Å². The summed E-state index contributed by atoms with van der Waals surface area (Å²) in [6, 6.07) is 10.6. The van der Waals surface area contributed by atoms with Crippen LogP contribution in [0.4, 0.5) is 32.0 Å². The van der Waals surface area contributed by atoms with E-state index >= 15 is 0 Å². The summed E-state index contributed by atoms with van der Waals surface area (Å²) < 4.78 is 88.2. The molecule has 0 aliphatic carbocycles. The van der Waals surface area contributed by atoms with E-state index in [-0.39, 0.29) is 10.7 Å². The van der Waals surface area contributed by atoms with Gasteiger partial charge in [0.2, 0.25) is 12.2 Å². The smallest absolute Gasteiger partial charge is 0.416 e. The van der Waals surface area contributed by atoms with Gasteiger partial charge in [-0.25, -0.2) is 14.4 Å². The number of ether oxygens (including phenoxy) is 2. The maximum absolute atomic E-state index is 13.1. The van der Waals surface area contributed by atoms with Gasteiger partial charge >= 0.3 is 30.3 Å². The van der Waals surface area contributed by atoms with Crippen LogP contribution in [0.3, 0.4) is 0 Å². The molecular formula is C26H16ClF6NO7. The largest absolute Gasteiger partial charge is 0.478 e. The number of halogens is 7. The Labute approximate surface area is 231 Å². The molecule has 3 rings (SSSR count). The molecule has 0 heterocycles. The number of hydrogen-bond donors (Lipinski definition) is 2. The van der Waals surface area contributed by atoms with Crippen molar-refractivity contribution in [3.05, 3.63) is 100 Å². The van der Waals surface area contributed by atoms with Gasteiger partial charge in [0.05, 0.1) is 22.3 Å². The van der Waals surface area contributed by atoms with E-state index in [4.69, 9.17) is 21.1 Å². The minimum absolute atomic E-state index is 0.00661. The molecule has 0 radical (unpaired) electrons. The molecule has 0 bridgehead atoms. The summed E-state index contributed by atoms with van der Waals surface area (Å²) in [7, 11) is 0. The first-order valence-electron chi connectivity index (χ1n) is 11.1. The van der Waals surface area contributed by atoms with Gasteiger partial charge in [-0.2, -0.15) is 26.3 Å². The molecule has 2 atom stereocenters. The molecule has 2 N–H and O–H groups in total. The molecule has 3 aromatic carbocycles. The fourth-order valence-corrected chi connectivity index (χ4v) is 3.38. The van der Waals surface area contributed by atoms with Crippen LogP contribution < -0.4 is 5.32 Å². The van der Waals surface area contributed by atoms with Crippen molar-refractivity contribution in [1.29, 1.82) is 0 Å². The minimum atomic E-state index is -4.87. The molecule has 216 valence electrons. The number of alkyl halides is 6. The molecule has 0 aromatic heterocycles. The van der Waals surface area contributed by atoms with Crippen LogP contribution in [0.5, 0.6) is 0 Å². The zero-order valence-electron chi connectivity index (χ0n) is 20.1. The van der Waals surface area contributed by atoms with Crippen molar-refractivity contribution in [3.63, 3.8) is 0 Å². The first-order valence-corrected chi connectivity index (χ1v) is 11.5. The quantitative estimate of drug-likeness (QED) is 0.245. The van der Waals surface area contributed by atoms with E-state index in [0.717, 1.165) is 24.3 Å². The summed E-state index contributed by atoms with van der Waals surface area (Å²) in [6.45, 7) is 0. The van der Waals surface area contributed by atoms with Crippen molar-refractivity contribution in [2.75, 3.05) is 5.32 Å². The lowest BCUT2D eigenvalue weighted by Gasteiger charge is -2.24. The molecule has 0 fully saturated rings. The second-order valence-electron chi connectivity index (χ2n) is 8.14. The van der Waals surface area contributed by atoms with Crippen LogP contribution in [0.15, 0.2) is 72.8 Å². The van der Waals surface area contributed by atoms with E-state index in [1.807, 2.05) is 0 Å². The number of carboxylic acids is 1. The molecule has 1 amide bonds. The Balaban J connectivity index is 1.96. The number of rotatable bonds is 8. The van der Waals surface area contributed by atoms with Gasteiger partial charge in [0, 0.05) is 10.7 Å². The SMILES string of the molecule is O=C(O[C@@H](C(=O)O)[C@@H](OC(=O)c1cccc(C(F)(F)F)c1)C(=O)Nc1ccc(Cl)cc1)c1cccc(C(F)(F)F)c1. The van der Waals surface area contributed by atoms with Gasteiger partial charge in [0.15, 0.2) is 0 Å². The predicted molar refractivity (Wildman–Crippen MR) is 129 cm³/mol. The zero-order valence-corrected chi connectivity index (χ0v) is 20.9. The highest BCUT2D eigenvalue weighted by Crippen LogP contribution is 2.31. The van der Waals surface area contributed by atoms with E-state index in [1.54, 1.807) is 0 Å². The second kappa shape index (κ2) is 12.3. The third-order valence-electron chi connectivity index (χ3n) is 5.21. The number of carboxylic acid groups (broad SMARTS) is 1. The van der Waals surface area contributed by atoms with E-state index in [1.165, 1.54) is 24.3 Å². The highest BCUT2D eigenvalue weighted by molar-refractivity contribution is 6.30. The normalized spacial score (nSPS) is 13.0. The Kier molecular flexibility index (Phi) is 9.28. The topological polar surface area (TPSA) is 119 Å². The van der Waals surface area contributed by atoms with E-state index in [0.29, 0.717) is 24.3 Å². The number of carbonyl (C=O) groups excluding carboxylic acids is 3. The summed E-state index contributed by atoms with van der Waals surface area (Å²) in [5.41, 5.74) is -4.04. The van der Waals surface area contributed by atoms with Gasteiger partial charge in [0.25, 0.3) is 5.91 Å². The van der Waals surface area contributed by atoms with E-state index < -0.39 is 70.6 Å². The summed E-state index contributed by atoms with van der Waals surface area (Å²) in [5.74, 6) is -6.72. The highest BCUT2D eigenvalue weighted by Gasteiger charge is 2.42. The Morgan fingerprint density at radius 1 is 0.707 bits per heavy atom. The molecule has 41 heavy (non-hydrogen) atoms. The number of nitrogens with one attached hydrogen (secondary N) is 1. The van der Waals surface area contributed by atoms with Crippen molar-refractivity contribution in [2.24, 2.45) is 0 Å². The van der Waals surface area contributed by atoms with Crippen molar-refractivity contribution >= 4 is 41.1 Å². The molecule has 3 aromatic rings. The molecular weight excluding hydrogens is 588 g/mol. The third kappa shape index (κ3) is 8.20. The fraction of sp³-hybridized carbons (Fsp3) is 0.154. The minimum Gasteiger partial charge on any atom is -0.478 e. The summed E-state index contributed by atoms with van der Waals surface area (Å²) in [6.07, 6.45) is -14.9. The predicted octanol–water partition coefficient (Wildman–Crippen LogP) is 5.85. The number of hydrogen-bond acceptors (Lipinski definition) is 6. The van der Waals surface area contributed by atoms with E-state index in [2.05, 4.69) is 5.32 Å². The number of benzene rings is 3. The van der Waals surface area contributed by atoms with Gasteiger partial charge in [-0.1, -0.05) is 23.7 Å². The molecule has 0 spiro atoms. The maximum Gasteiger partial charge on any atom is 0.416 e. The van der Waals surface area contributed by atoms with Gasteiger partial charge in [-0.15, -0.1) is 0 Å². The zero-order chi connectivity index (χ0) is 30.5. The van der Waals surface area contributed by atoms with Crippen molar-refractivity contribution in [1.82, 2.24) is 0 Å². The first-order chi connectivity index (χ1) is 19.1. The molecule has 15 heteroatoms. The summed E-state index contributed by atoms with van der Waals surface area (Å²) in [5, 5.41) is 12.1. The van der Waals surface area contributed by atoms with Crippen LogP contribution in [0.25, 0.3) is 0 Å². The van der Waals surface area contributed by atoms with Crippen LogP contribution in [0.1, 0.15) is 31.8 Å². The monoisotopic (exact) mass is 603 g/mol. The Morgan fingerprint density at radius 3 is 1.56 bits per heavy atom. The van der Waals surface area contributed by atoms with Crippen LogP contribution in [-0.2, 0) is 31.4 Å². The van der Waals surface area contributed by atoms with E-state index in [9.17, 15) is 50.6 Å². The molecule has 8 nitrogen and oxygen atoms in total. The average Bonchev–Trinajstić information content (AvgIpc) is 2.90. The van der Waals surface area contributed by atoms with Crippen molar-refractivity contribution in [2.45, 2.75) is 24.6 Å². The summed E-state index contributed by atoms with van der Waals surface area (Å²) in [4.78, 5) is 50.4. The highest BCUT2D eigenvalue weighted by atomic mass is 35.5. The molecule has 0 aliphatic heterocycles. The average molecular weight is 604 g/mol. The third-order valence-corrected chi connectivity index (χ3v) is 5.46. The van der Waals surface area contributed by atoms with Gasteiger partial charge < -0.3 is 19.9 Å². The Hall–Kier alpha value is -4.59. The Morgan fingerprint density at radius 2 is 1.15 bits per heavy atom. The van der Waals surface area contributed by atoms with Gasteiger partial charge in [-0.3, -0.25) is 4.79 Å². The number of amides is 1.